The van der Waals surface area contributed by atoms with Crippen LogP contribution < -0.4 is 9.13 Å². The fourth-order valence-electron chi connectivity index (χ4n) is 2.65. The van der Waals surface area contributed by atoms with Gasteiger partial charge in [-0.25, -0.2) is 0 Å². The Morgan fingerprint density at radius 2 is 0.970 bits per heavy atom. The number of allylic oxidation sites excluding steroid dienone is 5. The zero-order valence-electron chi connectivity index (χ0n) is 23.2. The summed E-state index contributed by atoms with van der Waals surface area (Å²) in [6, 6.07) is 12.5. The van der Waals surface area contributed by atoms with E-state index in [9.17, 15) is 0 Å². The predicted octanol–water partition coefficient (Wildman–Crippen LogP) is 7.82. The molecule has 4 rings (SSSR count). The number of pyridine rings is 2. The Labute approximate surface area is 203 Å². The Morgan fingerprint density at radius 1 is 0.606 bits per heavy atom. The smallest absolute Gasteiger partial charge is 0.152 e. The third-order valence-electron chi connectivity index (χ3n) is 5.36. The SMILES string of the molecule is C1=CC2(N=C1)[n+]1ccccc1-c1cccc[n+]12.CC.CC.CC(C)=C(C)C.CC(C)=C(C)C. The topological polar surface area (TPSA) is 20.1 Å². The van der Waals surface area contributed by atoms with Crippen molar-refractivity contribution in [2.75, 3.05) is 0 Å². The lowest BCUT2D eigenvalue weighted by molar-refractivity contribution is -0.946. The molecule has 180 valence electrons. The molecule has 0 N–H and O–H groups in total. The van der Waals surface area contributed by atoms with Crippen LogP contribution >= 0.6 is 0 Å². The van der Waals surface area contributed by atoms with Crippen LogP contribution in [0.25, 0.3) is 11.4 Å². The van der Waals surface area contributed by atoms with Gasteiger partial charge in [0.15, 0.2) is 12.4 Å². The highest BCUT2D eigenvalue weighted by Gasteiger charge is 2.58. The molecule has 0 atom stereocenters. The Bertz CT molecular complexity index is 874. The molecule has 0 saturated carbocycles. The Morgan fingerprint density at radius 3 is 1.24 bits per heavy atom. The summed E-state index contributed by atoms with van der Waals surface area (Å²) in [6.07, 6.45) is 10.1. The van der Waals surface area contributed by atoms with Crippen molar-refractivity contribution in [3.63, 3.8) is 0 Å². The Hall–Kier alpha value is -2.81. The number of hydrogen-bond donors (Lipinski definition) is 0. The summed E-state index contributed by atoms with van der Waals surface area (Å²) in [6.45, 7) is 25.0. The lowest BCUT2D eigenvalue weighted by Gasteiger charge is -2.06. The van der Waals surface area contributed by atoms with Gasteiger partial charge < -0.3 is 0 Å². The third-order valence-corrected chi connectivity index (χ3v) is 5.36. The number of nitrogens with zero attached hydrogens (tertiary/aromatic N) is 3. The summed E-state index contributed by atoms with van der Waals surface area (Å²) in [5.74, 6) is -0.423. The minimum absolute atomic E-state index is 0.423. The van der Waals surface area contributed by atoms with Gasteiger partial charge in [-0.15, -0.1) is 9.13 Å². The van der Waals surface area contributed by atoms with Crippen molar-refractivity contribution in [3.8, 4) is 11.4 Å². The van der Waals surface area contributed by atoms with Gasteiger partial charge in [0.25, 0.3) is 11.4 Å². The van der Waals surface area contributed by atoms with E-state index in [-0.39, 0.29) is 0 Å². The summed E-state index contributed by atoms with van der Waals surface area (Å²) < 4.78 is 4.39. The van der Waals surface area contributed by atoms with Gasteiger partial charge in [-0.05, 0) is 73.6 Å². The molecule has 0 bridgehead atoms. The molecule has 3 heteroatoms. The van der Waals surface area contributed by atoms with Crippen LogP contribution in [0.2, 0.25) is 0 Å². The second kappa shape index (κ2) is 15.1. The number of rotatable bonds is 0. The van der Waals surface area contributed by atoms with E-state index in [2.05, 4.69) is 112 Å². The molecule has 2 aliphatic heterocycles. The zero-order valence-corrected chi connectivity index (χ0v) is 23.2. The van der Waals surface area contributed by atoms with Gasteiger partial charge >= 0.3 is 5.79 Å². The molecular weight excluding hydrogens is 402 g/mol. The van der Waals surface area contributed by atoms with Gasteiger partial charge in [-0.2, -0.15) is 4.99 Å². The lowest BCUT2D eigenvalue weighted by atomic mass is 10.2. The molecule has 0 amide bonds. The average molecular weight is 450 g/mol. The first-order valence-electron chi connectivity index (χ1n) is 12.2. The normalized spacial score (nSPS) is 12.2. The van der Waals surface area contributed by atoms with Gasteiger partial charge in [0.1, 0.15) is 0 Å². The second-order valence-electron chi connectivity index (χ2n) is 8.24. The molecule has 2 aliphatic rings. The highest BCUT2D eigenvalue weighted by Crippen LogP contribution is 2.26. The zero-order chi connectivity index (χ0) is 25.6. The Balaban J connectivity index is 0.000000539. The average Bonchev–Trinajstić information content (AvgIpc) is 3.43. The fourth-order valence-corrected chi connectivity index (χ4v) is 2.65. The second-order valence-corrected chi connectivity index (χ2v) is 8.24. The lowest BCUT2D eigenvalue weighted by Crippen LogP contribution is -2.66. The summed E-state index contributed by atoms with van der Waals surface area (Å²) in [5, 5.41) is 0. The first-order chi connectivity index (χ1) is 15.7. The molecule has 2 aromatic rings. The van der Waals surface area contributed by atoms with Crippen molar-refractivity contribution >= 4 is 6.21 Å². The molecule has 0 fully saturated rings. The van der Waals surface area contributed by atoms with E-state index in [0.717, 1.165) is 0 Å². The van der Waals surface area contributed by atoms with Crippen LogP contribution in [0, 0.1) is 0 Å². The van der Waals surface area contributed by atoms with E-state index in [1.807, 2.05) is 52.1 Å². The largest absolute Gasteiger partial charge is 0.488 e. The van der Waals surface area contributed by atoms with Gasteiger partial charge in [-0.1, -0.05) is 50.0 Å². The van der Waals surface area contributed by atoms with Gasteiger partial charge in [0.05, 0.1) is 6.08 Å². The summed E-state index contributed by atoms with van der Waals surface area (Å²) >= 11 is 0. The maximum atomic E-state index is 4.64. The monoisotopic (exact) mass is 449 g/mol. The van der Waals surface area contributed by atoms with E-state index >= 15 is 0 Å². The Kier molecular flexibility index (Phi) is 13.8. The molecule has 1 spiro atoms. The van der Waals surface area contributed by atoms with E-state index in [1.165, 1.54) is 33.7 Å². The van der Waals surface area contributed by atoms with E-state index in [0.29, 0.717) is 0 Å². The molecule has 2 aromatic heterocycles. The van der Waals surface area contributed by atoms with E-state index < -0.39 is 5.79 Å². The van der Waals surface area contributed by atoms with Crippen molar-refractivity contribution in [1.29, 1.82) is 0 Å². The van der Waals surface area contributed by atoms with E-state index in [4.69, 9.17) is 0 Å². The minimum Gasteiger partial charge on any atom is -0.152 e. The molecule has 0 radical (unpaired) electrons. The predicted molar refractivity (Wildman–Crippen MR) is 145 cm³/mol. The van der Waals surface area contributed by atoms with Gasteiger partial charge in [0.2, 0.25) is 0 Å². The molecular formula is C30H47N3+2. The molecule has 0 unspecified atom stereocenters. The van der Waals surface area contributed by atoms with Gasteiger partial charge in [0, 0.05) is 30.5 Å². The number of fused-ring (bicyclic) bond motifs is 5. The van der Waals surface area contributed by atoms with E-state index in [1.54, 1.807) is 0 Å². The van der Waals surface area contributed by atoms with Crippen molar-refractivity contribution in [1.82, 2.24) is 0 Å². The number of aliphatic imine (C=N–C) groups is 1. The van der Waals surface area contributed by atoms with Crippen LogP contribution in [0.15, 0.2) is 88.2 Å². The quantitative estimate of drug-likeness (QED) is 0.289. The highest BCUT2D eigenvalue weighted by molar-refractivity contribution is 5.74. The maximum Gasteiger partial charge on any atom is 0.488 e. The van der Waals surface area contributed by atoms with Crippen LogP contribution in [0.3, 0.4) is 0 Å². The van der Waals surface area contributed by atoms with Crippen molar-refractivity contribution < 1.29 is 9.13 Å². The molecule has 0 aliphatic carbocycles. The molecule has 4 heterocycles. The minimum atomic E-state index is -0.423. The van der Waals surface area contributed by atoms with Crippen molar-refractivity contribution in [2.45, 2.75) is 88.9 Å². The van der Waals surface area contributed by atoms with Crippen molar-refractivity contribution in [3.05, 3.63) is 83.2 Å². The first-order valence-corrected chi connectivity index (χ1v) is 12.2. The van der Waals surface area contributed by atoms with Crippen molar-refractivity contribution in [2.24, 2.45) is 4.99 Å². The van der Waals surface area contributed by atoms with Gasteiger partial charge in [-0.3, -0.25) is 0 Å². The third kappa shape index (κ3) is 7.92. The van der Waals surface area contributed by atoms with Crippen LogP contribution in [-0.2, 0) is 5.79 Å². The molecule has 33 heavy (non-hydrogen) atoms. The number of hydrogen-bond acceptors (Lipinski definition) is 1. The highest BCUT2D eigenvalue weighted by atomic mass is 15.4. The summed E-state index contributed by atoms with van der Waals surface area (Å²) in [7, 11) is 0. The standard InChI is InChI=1S/C14H11N3.2C6H12.2C2H6/c1-3-10-16-12(6-1)13-7-2-4-11-17(13)14(16)8-5-9-15-14;2*1-5(2)6(3)4;2*1-2/h1-11H;2*1-4H3;2*1-2H3/q+2;;;;. The maximum absolute atomic E-state index is 4.64. The summed E-state index contributed by atoms with van der Waals surface area (Å²) in [5.41, 5.74) is 8.09. The number of aromatic nitrogens is 2. The molecule has 0 saturated heterocycles. The molecule has 3 nitrogen and oxygen atoms in total. The van der Waals surface area contributed by atoms with Crippen LogP contribution in [-0.4, -0.2) is 6.21 Å². The van der Waals surface area contributed by atoms with Crippen LogP contribution in [0.1, 0.15) is 83.1 Å². The van der Waals surface area contributed by atoms with Crippen LogP contribution in [0.5, 0.6) is 0 Å². The molecule has 0 aromatic carbocycles. The van der Waals surface area contributed by atoms with Crippen LogP contribution in [0.4, 0.5) is 0 Å². The fraction of sp³-hybridized carbons (Fsp3) is 0.433. The first kappa shape index (κ1) is 30.2. The summed E-state index contributed by atoms with van der Waals surface area (Å²) in [4.78, 5) is 4.64.